The van der Waals surface area contributed by atoms with E-state index in [1.807, 2.05) is 49.4 Å². The summed E-state index contributed by atoms with van der Waals surface area (Å²) in [7, 11) is 1.57. The lowest BCUT2D eigenvalue weighted by Crippen LogP contribution is -2.59. The Morgan fingerprint density at radius 2 is 1.51 bits per heavy atom. The third-order valence-corrected chi connectivity index (χ3v) is 12.5. The molecule has 6 rings (SSSR count). The van der Waals surface area contributed by atoms with Gasteiger partial charge in [0.1, 0.15) is 43.0 Å². The average Bonchev–Trinajstić information content (AvgIpc) is 4.21. The predicted octanol–water partition coefficient (Wildman–Crippen LogP) is 6.56. The van der Waals surface area contributed by atoms with Crippen LogP contribution in [-0.2, 0) is 55.9 Å². The van der Waals surface area contributed by atoms with Crippen molar-refractivity contribution < 1.29 is 81.0 Å². The van der Waals surface area contributed by atoms with Crippen molar-refractivity contribution in [1.29, 1.82) is 0 Å². The molecular formula is C48H56ClF2N5O17. The minimum Gasteiger partial charge on any atom is -0.496 e. The molecule has 3 aromatic rings. The molecule has 3 atom stereocenters. The molecule has 2 fully saturated rings. The Morgan fingerprint density at radius 1 is 0.822 bits per heavy atom. The van der Waals surface area contributed by atoms with Crippen LogP contribution in [0.3, 0.4) is 0 Å². The van der Waals surface area contributed by atoms with E-state index in [9.17, 15) is 43.4 Å². The molecule has 0 radical (unpaired) electrons. The minimum absolute atomic E-state index is 0.00105. The fraction of sp³-hybridized carbons (Fsp3) is 0.500. The molecule has 22 nitrogen and oxygen atoms in total. The van der Waals surface area contributed by atoms with Crippen molar-refractivity contribution in [3.63, 3.8) is 0 Å². The molecule has 1 N–H and O–H groups in total. The van der Waals surface area contributed by atoms with Crippen molar-refractivity contribution >= 4 is 41.2 Å². The molecule has 2 bridgehead atoms. The van der Waals surface area contributed by atoms with Crippen LogP contribution in [0.15, 0.2) is 60.2 Å². The van der Waals surface area contributed by atoms with Gasteiger partial charge in [0.05, 0.1) is 46.1 Å². The zero-order chi connectivity index (χ0) is 52.4. The molecular weight excluding hydrogens is 992 g/mol. The number of piperidine rings is 1. The third kappa shape index (κ3) is 16.0. The Balaban J connectivity index is 1.23. The van der Waals surface area contributed by atoms with Gasteiger partial charge in [-0.15, -0.1) is 20.2 Å². The molecule has 25 heteroatoms. The molecule has 0 spiro atoms. The Morgan fingerprint density at radius 3 is 2.22 bits per heavy atom. The van der Waals surface area contributed by atoms with Gasteiger partial charge in [0, 0.05) is 30.1 Å². The lowest BCUT2D eigenvalue weighted by Gasteiger charge is -2.49. The summed E-state index contributed by atoms with van der Waals surface area (Å²) in [6, 6.07) is 13.3. The van der Waals surface area contributed by atoms with Crippen molar-refractivity contribution in [3.05, 3.63) is 119 Å². The van der Waals surface area contributed by atoms with E-state index in [0.717, 1.165) is 41.7 Å². The number of methoxy groups -OCH3 is 1. The second-order valence-electron chi connectivity index (χ2n) is 17.0. The molecule has 73 heavy (non-hydrogen) atoms. The van der Waals surface area contributed by atoms with Crippen LogP contribution in [0.25, 0.3) is 5.57 Å². The highest BCUT2D eigenvalue weighted by Crippen LogP contribution is 2.46. The lowest BCUT2D eigenvalue weighted by atomic mass is 9.73. The summed E-state index contributed by atoms with van der Waals surface area (Å²) in [4.78, 5) is 88.1. The molecule has 0 aromatic heterocycles. The normalized spacial score (nSPS) is 17.0. The SMILES string of the molecule is COc1ccc(CN(C(=O)C2=C(c3ccc(CCCOc4c(F)ccc(F)c4Cl)cc3)CC3CC(C(=O)NCCOC(=O)OCCOCCO[N+](=O)[O-])CC2N3C(=O)OCCOCO[N+](=O)[O-])C2CC2)cc1C. The third-order valence-electron chi connectivity index (χ3n) is 12.1. The van der Waals surface area contributed by atoms with Crippen molar-refractivity contribution in [2.75, 3.05) is 73.3 Å². The first-order valence-corrected chi connectivity index (χ1v) is 23.8. The van der Waals surface area contributed by atoms with Crippen LogP contribution in [0.4, 0.5) is 18.4 Å². The summed E-state index contributed by atoms with van der Waals surface area (Å²) in [6.07, 6.45) is 0.869. The summed E-state index contributed by atoms with van der Waals surface area (Å²) < 4.78 is 65.0. The molecule has 3 aliphatic rings. The van der Waals surface area contributed by atoms with Crippen LogP contribution in [-0.4, -0.2) is 135 Å². The molecule has 1 saturated carbocycles. The van der Waals surface area contributed by atoms with Crippen LogP contribution in [0.1, 0.15) is 60.8 Å². The van der Waals surface area contributed by atoms with Gasteiger partial charge in [0.15, 0.2) is 18.4 Å². The van der Waals surface area contributed by atoms with Gasteiger partial charge in [0.2, 0.25) is 5.91 Å². The maximum atomic E-state index is 15.5. The molecule has 3 aromatic carbocycles. The standard InChI is InChI=1S/C48H56ClF2N5O17/c1-30-24-32(7-14-41(30)65-2)28-53(35-10-11-35)46(58)42-37(33-8-5-31(6-9-33)4-3-16-68-44-39(51)13-12-38(50)43(44)49)27-36-25-34(26-40(42)54(36)47(59)69-21-19-67-29-73-56(63)64)45(57)52-15-17-70-48(60)71-22-18-66-20-23-72-55(61)62/h5-9,12-14,24,34-36,40H,3-4,10-11,15-23,25-29H2,1-2H3,(H,52,57). The summed E-state index contributed by atoms with van der Waals surface area (Å²) in [5, 5.41) is 21.2. The number of ether oxygens (including phenoxy) is 7. The van der Waals surface area contributed by atoms with Crippen molar-refractivity contribution in [2.24, 2.45) is 5.92 Å². The van der Waals surface area contributed by atoms with E-state index in [2.05, 4.69) is 15.0 Å². The van der Waals surface area contributed by atoms with E-state index in [0.29, 0.717) is 35.3 Å². The fourth-order valence-corrected chi connectivity index (χ4v) is 8.86. The van der Waals surface area contributed by atoms with Crippen LogP contribution in [0.2, 0.25) is 5.02 Å². The number of carbonyl (C=O) groups excluding carboxylic acids is 4. The highest BCUT2D eigenvalue weighted by molar-refractivity contribution is 6.32. The number of fused-ring (bicyclic) bond motifs is 2. The first-order chi connectivity index (χ1) is 35.1. The van der Waals surface area contributed by atoms with Gasteiger partial charge in [-0.1, -0.05) is 48.0 Å². The number of amides is 3. The monoisotopic (exact) mass is 1050 g/mol. The van der Waals surface area contributed by atoms with Crippen molar-refractivity contribution in [2.45, 2.75) is 76.5 Å². The van der Waals surface area contributed by atoms with Gasteiger partial charge < -0.3 is 48.2 Å². The van der Waals surface area contributed by atoms with Gasteiger partial charge in [-0.2, -0.15) is 0 Å². The highest BCUT2D eigenvalue weighted by atomic mass is 35.5. The van der Waals surface area contributed by atoms with E-state index in [1.54, 1.807) is 12.0 Å². The van der Waals surface area contributed by atoms with Gasteiger partial charge in [0.25, 0.3) is 16.1 Å². The van der Waals surface area contributed by atoms with Gasteiger partial charge in [-0.05, 0) is 97.9 Å². The predicted molar refractivity (Wildman–Crippen MR) is 251 cm³/mol. The molecule has 1 aliphatic carbocycles. The summed E-state index contributed by atoms with van der Waals surface area (Å²) >= 11 is 5.93. The van der Waals surface area contributed by atoms with Crippen LogP contribution < -0.4 is 14.8 Å². The van der Waals surface area contributed by atoms with Crippen molar-refractivity contribution in [1.82, 2.24) is 15.1 Å². The van der Waals surface area contributed by atoms with E-state index in [1.165, 1.54) is 4.90 Å². The quantitative estimate of drug-likeness (QED) is 0.0202. The molecule has 1 saturated heterocycles. The van der Waals surface area contributed by atoms with E-state index >= 15 is 4.79 Å². The smallest absolute Gasteiger partial charge is 0.496 e. The number of hydrogen-bond donors (Lipinski definition) is 1. The Labute approximate surface area is 422 Å². The summed E-state index contributed by atoms with van der Waals surface area (Å²) in [6.45, 7) is -0.0822. The maximum absolute atomic E-state index is 15.5. The molecule has 3 unspecified atom stereocenters. The first-order valence-electron chi connectivity index (χ1n) is 23.4. The molecule has 2 heterocycles. The zero-order valence-electron chi connectivity index (χ0n) is 40.1. The number of aryl methyl sites for hydroxylation is 2. The molecule has 396 valence electrons. The number of hydrogen-bond acceptors (Lipinski definition) is 17. The van der Waals surface area contributed by atoms with Gasteiger partial charge >= 0.3 is 12.2 Å². The number of nitrogens with zero attached hydrogens (tertiary/aromatic N) is 4. The average molecular weight is 1050 g/mol. The lowest BCUT2D eigenvalue weighted by molar-refractivity contribution is -0.767. The number of benzene rings is 3. The number of carbonyl (C=O) groups is 4. The van der Waals surface area contributed by atoms with Crippen LogP contribution in [0.5, 0.6) is 11.5 Å². The van der Waals surface area contributed by atoms with E-state index in [-0.39, 0.29) is 103 Å². The number of rotatable bonds is 28. The zero-order valence-corrected chi connectivity index (χ0v) is 40.9. The number of halogens is 3. The summed E-state index contributed by atoms with van der Waals surface area (Å²) in [5.41, 5.74) is 4.29. The molecule has 2 aliphatic heterocycles. The van der Waals surface area contributed by atoms with Crippen LogP contribution in [0, 0.1) is 44.7 Å². The van der Waals surface area contributed by atoms with E-state index < -0.39 is 69.8 Å². The Kier molecular flexibility index (Phi) is 20.5. The topological polar surface area (TPSA) is 256 Å². The largest absolute Gasteiger partial charge is 0.508 e. The van der Waals surface area contributed by atoms with Crippen molar-refractivity contribution in [3.8, 4) is 11.5 Å². The van der Waals surface area contributed by atoms with Gasteiger partial charge in [-0.25, -0.2) is 18.4 Å². The minimum atomic E-state index is -1.03. The first kappa shape index (κ1) is 55.3. The Hall–Kier alpha value is -7.05. The fourth-order valence-electron chi connectivity index (χ4n) is 8.66. The highest BCUT2D eigenvalue weighted by Gasteiger charge is 2.50. The number of nitrogens with one attached hydrogen (secondary N) is 1. The Bertz CT molecular complexity index is 2460. The molecule has 3 amide bonds. The summed E-state index contributed by atoms with van der Waals surface area (Å²) in [5.74, 6) is -2.75. The second kappa shape index (κ2) is 27.1. The van der Waals surface area contributed by atoms with Crippen LogP contribution >= 0.6 is 11.6 Å². The van der Waals surface area contributed by atoms with Gasteiger partial charge in [-0.3, -0.25) is 19.3 Å². The second-order valence-corrected chi connectivity index (χ2v) is 17.4. The van der Waals surface area contributed by atoms with E-state index in [4.69, 9.17) is 44.8 Å². The maximum Gasteiger partial charge on any atom is 0.508 e.